The lowest BCUT2D eigenvalue weighted by molar-refractivity contribution is 0.104. The molecule has 114 valence electrons. The Labute approximate surface area is 129 Å². The van der Waals surface area contributed by atoms with Crippen LogP contribution < -0.4 is 9.32 Å². The van der Waals surface area contributed by atoms with E-state index in [1.165, 1.54) is 18.2 Å². The largest absolute Gasteiger partial charge is 0.380 e. The molecule has 0 saturated heterocycles. The average Bonchev–Trinajstić information content (AvgIpc) is 2.45. The van der Waals surface area contributed by atoms with E-state index in [1.54, 1.807) is 30.3 Å². The summed E-state index contributed by atoms with van der Waals surface area (Å²) in [6.45, 7) is 1.94. The third-order valence-electron chi connectivity index (χ3n) is 2.88. The second-order valence-corrected chi connectivity index (χ2v) is 5.83. The molecule has 0 radical (unpaired) electrons. The Morgan fingerprint density at radius 2 is 1.73 bits per heavy atom. The van der Waals surface area contributed by atoms with E-state index in [-0.39, 0.29) is 11.5 Å². The number of hydrogen-bond donors (Lipinski definition) is 1. The number of rotatable bonds is 5. The molecule has 2 aromatic rings. The summed E-state index contributed by atoms with van der Waals surface area (Å²) in [6, 6.07) is 13.5. The predicted molar refractivity (Wildman–Crippen MR) is 84.7 cm³/mol. The van der Waals surface area contributed by atoms with E-state index in [1.807, 2.05) is 19.1 Å². The zero-order valence-electron chi connectivity index (χ0n) is 11.9. The fourth-order valence-corrected chi connectivity index (χ4v) is 2.20. The van der Waals surface area contributed by atoms with Gasteiger partial charge < -0.3 is 4.18 Å². The van der Waals surface area contributed by atoms with Crippen LogP contribution >= 0.6 is 0 Å². The molecule has 0 atom stereocenters. The average molecular weight is 317 g/mol. The minimum Gasteiger partial charge on any atom is -0.370 e. The first-order valence-corrected chi connectivity index (χ1v) is 7.92. The van der Waals surface area contributed by atoms with Gasteiger partial charge in [-0.25, -0.2) is 0 Å². The van der Waals surface area contributed by atoms with Crippen molar-refractivity contribution in [3.05, 3.63) is 71.3 Å². The minimum atomic E-state index is -4.11. The third kappa shape index (κ3) is 4.54. The Balaban J connectivity index is 2.23. The molecule has 0 bridgehead atoms. The monoisotopic (exact) mass is 317 g/mol. The van der Waals surface area contributed by atoms with E-state index in [2.05, 4.69) is 4.18 Å². The van der Waals surface area contributed by atoms with E-state index < -0.39 is 10.3 Å². The fourth-order valence-electron chi connectivity index (χ4n) is 1.80. The van der Waals surface area contributed by atoms with Crippen LogP contribution in [0.5, 0.6) is 5.75 Å². The Kier molecular flexibility index (Phi) is 4.75. The Bertz CT molecular complexity index is 808. The molecular weight excluding hydrogens is 302 g/mol. The van der Waals surface area contributed by atoms with Crippen LogP contribution in [0.15, 0.2) is 54.6 Å². The van der Waals surface area contributed by atoms with Gasteiger partial charge in [-0.15, -0.1) is 0 Å². The van der Waals surface area contributed by atoms with Crippen LogP contribution in [-0.4, -0.2) is 14.2 Å². The molecule has 6 heteroatoms. The van der Waals surface area contributed by atoms with Crippen molar-refractivity contribution in [2.45, 2.75) is 6.92 Å². The van der Waals surface area contributed by atoms with Crippen molar-refractivity contribution in [2.75, 3.05) is 0 Å². The van der Waals surface area contributed by atoms with E-state index in [4.69, 9.17) is 5.14 Å². The van der Waals surface area contributed by atoms with Crippen molar-refractivity contribution in [1.82, 2.24) is 0 Å². The van der Waals surface area contributed by atoms with Crippen LogP contribution in [0.4, 0.5) is 0 Å². The van der Waals surface area contributed by atoms with Gasteiger partial charge in [-0.05, 0) is 25.1 Å². The van der Waals surface area contributed by atoms with Gasteiger partial charge >= 0.3 is 10.3 Å². The van der Waals surface area contributed by atoms with Gasteiger partial charge in [-0.3, -0.25) is 4.79 Å². The number of carbonyl (C=O) groups excluding carboxylic acids is 1. The molecule has 0 spiro atoms. The lowest BCUT2D eigenvalue weighted by Crippen LogP contribution is -2.19. The molecule has 22 heavy (non-hydrogen) atoms. The number of para-hydroxylation sites is 1. The van der Waals surface area contributed by atoms with Crippen molar-refractivity contribution < 1.29 is 17.4 Å². The lowest BCUT2D eigenvalue weighted by Gasteiger charge is -2.05. The smallest absolute Gasteiger partial charge is 0.370 e. The van der Waals surface area contributed by atoms with Crippen LogP contribution in [0.3, 0.4) is 0 Å². The molecule has 0 aliphatic carbocycles. The fraction of sp³-hybridized carbons (Fsp3) is 0.0625. The molecule has 0 aromatic heterocycles. The molecule has 0 unspecified atom stereocenters. The van der Waals surface area contributed by atoms with Crippen molar-refractivity contribution in [3.8, 4) is 5.75 Å². The predicted octanol–water partition coefficient (Wildman–Crippen LogP) is 2.47. The first-order chi connectivity index (χ1) is 10.3. The lowest BCUT2D eigenvalue weighted by atomic mass is 10.1. The Morgan fingerprint density at radius 1 is 1.09 bits per heavy atom. The highest BCUT2D eigenvalue weighted by molar-refractivity contribution is 7.84. The maximum Gasteiger partial charge on any atom is 0.380 e. The normalized spacial score (nSPS) is 11.5. The van der Waals surface area contributed by atoms with Gasteiger partial charge in [0.05, 0.1) is 0 Å². The summed E-state index contributed by atoms with van der Waals surface area (Å²) in [5.74, 6) is -0.122. The summed E-state index contributed by atoms with van der Waals surface area (Å²) in [6.07, 6.45) is 2.85. The van der Waals surface area contributed by atoms with E-state index >= 15 is 0 Å². The number of carbonyl (C=O) groups is 1. The number of allylic oxidation sites excluding steroid dienone is 1. The van der Waals surface area contributed by atoms with Gasteiger partial charge in [0, 0.05) is 11.1 Å². The van der Waals surface area contributed by atoms with Gasteiger partial charge in [0.1, 0.15) is 0 Å². The molecule has 0 amide bonds. The van der Waals surface area contributed by atoms with E-state index in [0.29, 0.717) is 11.1 Å². The zero-order chi connectivity index (χ0) is 16.2. The van der Waals surface area contributed by atoms with E-state index in [0.717, 1.165) is 5.56 Å². The summed E-state index contributed by atoms with van der Waals surface area (Å²) in [7, 11) is -4.11. The third-order valence-corrected chi connectivity index (χ3v) is 3.29. The number of nitrogens with two attached hydrogens (primary N) is 1. The van der Waals surface area contributed by atoms with Gasteiger partial charge in [0.15, 0.2) is 11.5 Å². The molecule has 0 aliphatic heterocycles. The highest BCUT2D eigenvalue weighted by Crippen LogP contribution is 2.20. The van der Waals surface area contributed by atoms with Crippen molar-refractivity contribution in [2.24, 2.45) is 5.14 Å². The van der Waals surface area contributed by atoms with Crippen molar-refractivity contribution in [1.29, 1.82) is 0 Å². The SMILES string of the molecule is Cc1ccc(C(=O)/C=C/c2ccccc2OS(N)(=O)=O)cc1. The maximum absolute atomic E-state index is 12.1. The summed E-state index contributed by atoms with van der Waals surface area (Å²) in [5.41, 5.74) is 2.05. The first-order valence-electron chi connectivity index (χ1n) is 6.45. The van der Waals surface area contributed by atoms with Crippen molar-refractivity contribution >= 4 is 22.2 Å². The molecule has 2 rings (SSSR count). The zero-order valence-corrected chi connectivity index (χ0v) is 12.7. The number of aryl methyl sites for hydroxylation is 1. The Morgan fingerprint density at radius 3 is 2.36 bits per heavy atom. The molecule has 0 fully saturated rings. The Hall–Kier alpha value is -2.44. The number of hydrogen-bond acceptors (Lipinski definition) is 4. The summed E-state index contributed by atoms with van der Waals surface area (Å²) in [5, 5.41) is 4.86. The molecule has 5 nitrogen and oxygen atoms in total. The second kappa shape index (κ2) is 6.55. The van der Waals surface area contributed by atoms with Crippen LogP contribution in [0.25, 0.3) is 6.08 Å². The second-order valence-electron chi connectivity index (χ2n) is 4.68. The van der Waals surface area contributed by atoms with Crippen molar-refractivity contribution in [3.63, 3.8) is 0 Å². The standard InChI is InChI=1S/C16H15NO4S/c1-12-6-8-13(9-7-12)15(18)11-10-14-4-2-3-5-16(14)21-22(17,19)20/h2-11H,1H3,(H2,17,19,20)/b11-10+. The van der Waals surface area contributed by atoms with Crippen LogP contribution in [0, 0.1) is 6.92 Å². The summed E-state index contributed by atoms with van der Waals surface area (Å²) < 4.78 is 26.7. The first kappa shape index (κ1) is 15.9. The molecule has 0 saturated carbocycles. The highest BCUT2D eigenvalue weighted by atomic mass is 32.2. The topological polar surface area (TPSA) is 86.5 Å². The molecular formula is C16H15NO4S. The molecule has 0 heterocycles. The van der Waals surface area contributed by atoms with Crippen LogP contribution in [-0.2, 0) is 10.3 Å². The van der Waals surface area contributed by atoms with Crippen LogP contribution in [0.1, 0.15) is 21.5 Å². The molecule has 2 aromatic carbocycles. The van der Waals surface area contributed by atoms with Gasteiger partial charge in [-0.2, -0.15) is 13.6 Å². The maximum atomic E-state index is 12.1. The van der Waals surface area contributed by atoms with Gasteiger partial charge in [0.2, 0.25) is 0 Å². The van der Waals surface area contributed by atoms with Gasteiger partial charge in [0.25, 0.3) is 0 Å². The number of benzene rings is 2. The summed E-state index contributed by atoms with van der Waals surface area (Å²) >= 11 is 0. The quantitative estimate of drug-likeness (QED) is 0.678. The van der Waals surface area contributed by atoms with Crippen LogP contribution in [0.2, 0.25) is 0 Å². The van der Waals surface area contributed by atoms with Gasteiger partial charge in [-0.1, -0.05) is 48.0 Å². The number of ketones is 1. The minimum absolute atomic E-state index is 0.0676. The van der Waals surface area contributed by atoms with E-state index in [9.17, 15) is 13.2 Å². The summed E-state index contributed by atoms with van der Waals surface area (Å²) in [4.78, 5) is 12.1. The highest BCUT2D eigenvalue weighted by Gasteiger charge is 2.08. The molecule has 0 aliphatic rings. The molecule has 2 N–H and O–H groups in total.